The number of ether oxygens (including phenoxy) is 4. The predicted molar refractivity (Wildman–Crippen MR) is 138 cm³/mol. The molecule has 13 heteroatoms. The smallest absolute Gasteiger partial charge is 0.296 e. The van der Waals surface area contributed by atoms with Gasteiger partial charge in [0.25, 0.3) is 6.01 Å². The Labute approximate surface area is 228 Å². The molecule has 0 radical (unpaired) electrons. The lowest BCUT2D eigenvalue weighted by atomic mass is 10.1. The van der Waals surface area contributed by atoms with Crippen molar-refractivity contribution in [3.8, 4) is 11.8 Å². The van der Waals surface area contributed by atoms with E-state index in [9.17, 15) is 13.9 Å². The number of nitrogens with zero attached hydrogens (tertiary/aromatic N) is 3. The second-order valence-electron chi connectivity index (χ2n) is 10.0. The van der Waals surface area contributed by atoms with Gasteiger partial charge in [0.05, 0.1) is 30.4 Å². The second kappa shape index (κ2) is 11.4. The topological polar surface area (TPSA) is 114 Å². The minimum atomic E-state index is -0.721. The Morgan fingerprint density at radius 1 is 1.10 bits per heavy atom. The molecule has 3 N–H and O–H groups in total. The van der Waals surface area contributed by atoms with E-state index in [4.69, 9.17) is 30.5 Å². The zero-order valence-corrected chi connectivity index (χ0v) is 21.9. The molecule has 39 heavy (non-hydrogen) atoms. The van der Waals surface area contributed by atoms with Gasteiger partial charge in [-0.2, -0.15) is 4.98 Å². The molecule has 0 unspecified atom stereocenters. The maximum absolute atomic E-state index is 14.7. The molecule has 3 fully saturated rings. The number of H-pyrrole nitrogens is 1. The molecule has 10 nitrogen and oxygen atoms in total. The van der Waals surface area contributed by atoms with E-state index in [0.717, 1.165) is 26.1 Å². The monoisotopic (exact) mass is 565 g/mol. The van der Waals surface area contributed by atoms with Crippen LogP contribution < -0.4 is 14.8 Å². The molecule has 210 valence electrons. The van der Waals surface area contributed by atoms with Crippen LogP contribution in [0, 0.1) is 11.6 Å². The van der Waals surface area contributed by atoms with Crippen molar-refractivity contribution in [2.75, 3.05) is 44.8 Å². The van der Waals surface area contributed by atoms with Crippen LogP contribution in [0.1, 0.15) is 24.8 Å². The van der Waals surface area contributed by atoms with Gasteiger partial charge < -0.3 is 39.3 Å². The quantitative estimate of drug-likeness (QED) is 0.319. The Morgan fingerprint density at radius 3 is 2.67 bits per heavy atom. The SMILES string of the molecule is O[C@@H]1CO[C@H]2[C@@H]1OC[C@H]2Oc1nc2nc(NCc3c(F)cc(OCCCN4CCCC4)cc3F)c(Cl)cc2[nH]1. The summed E-state index contributed by atoms with van der Waals surface area (Å²) in [7, 11) is 0. The number of pyridine rings is 1. The first kappa shape index (κ1) is 26.5. The maximum atomic E-state index is 14.7. The zero-order chi connectivity index (χ0) is 26.9. The van der Waals surface area contributed by atoms with Crippen molar-refractivity contribution in [2.45, 2.75) is 50.2 Å². The molecule has 2 aromatic heterocycles. The summed E-state index contributed by atoms with van der Waals surface area (Å²) in [5.74, 6) is -1.06. The number of hydrogen-bond acceptors (Lipinski definition) is 9. The van der Waals surface area contributed by atoms with Crippen molar-refractivity contribution in [3.05, 3.63) is 40.4 Å². The Kier molecular flexibility index (Phi) is 7.72. The molecule has 0 spiro atoms. The average molecular weight is 566 g/mol. The molecule has 0 aliphatic carbocycles. The van der Waals surface area contributed by atoms with Gasteiger partial charge in [-0.1, -0.05) is 11.6 Å². The van der Waals surface area contributed by atoms with Gasteiger partial charge in [-0.25, -0.2) is 13.8 Å². The minimum Gasteiger partial charge on any atom is -0.493 e. The highest BCUT2D eigenvalue weighted by atomic mass is 35.5. The number of aliphatic hydroxyl groups is 1. The van der Waals surface area contributed by atoms with Crippen LogP contribution in [0.4, 0.5) is 14.6 Å². The normalized spacial score (nSPS) is 24.9. The first-order valence-corrected chi connectivity index (χ1v) is 13.5. The molecule has 0 bridgehead atoms. The highest BCUT2D eigenvalue weighted by Gasteiger charge is 2.48. The molecule has 6 rings (SSSR count). The van der Waals surface area contributed by atoms with Crippen molar-refractivity contribution in [1.29, 1.82) is 0 Å². The van der Waals surface area contributed by atoms with Gasteiger partial charge in [0, 0.05) is 30.8 Å². The van der Waals surface area contributed by atoms with Crippen LogP contribution >= 0.6 is 11.6 Å². The second-order valence-corrected chi connectivity index (χ2v) is 10.4. The van der Waals surface area contributed by atoms with Crippen LogP contribution in [0.3, 0.4) is 0 Å². The van der Waals surface area contributed by atoms with Crippen LogP contribution in [-0.2, 0) is 16.0 Å². The van der Waals surface area contributed by atoms with E-state index >= 15 is 0 Å². The van der Waals surface area contributed by atoms with Crippen molar-refractivity contribution in [1.82, 2.24) is 19.9 Å². The Morgan fingerprint density at radius 2 is 1.87 bits per heavy atom. The van der Waals surface area contributed by atoms with E-state index in [2.05, 4.69) is 25.2 Å². The summed E-state index contributed by atoms with van der Waals surface area (Å²) < 4.78 is 52.1. The molecule has 4 atom stereocenters. The maximum Gasteiger partial charge on any atom is 0.296 e. The van der Waals surface area contributed by atoms with Gasteiger partial charge in [0.15, 0.2) is 11.8 Å². The van der Waals surface area contributed by atoms with Gasteiger partial charge in [0.2, 0.25) is 0 Å². The van der Waals surface area contributed by atoms with Crippen LogP contribution in [0.15, 0.2) is 18.2 Å². The fourth-order valence-corrected chi connectivity index (χ4v) is 5.47. The lowest BCUT2D eigenvalue weighted by Gasteiger charge is -2.15. The van der Waals surface area contributed by atoms with Crippen molar-refractivity contribution < 1.29 is 32.8 Å². The highest BCUT2D eigenvalue weighted by molar-refractivity contribution is 6.33. The van der Waals surface area contributed by atoms with E-state index in [0.29, 0.717) is 17.8 Å². The molecule has 3 aromatic rings. The van der Waals surface area contributed by atoms with Gasteiger partial charge in [-0.3, -0.25) is 0 Å². The van der Waals surface area contributed by atoms with Crippen molar-refractivity contribution in [2.24, 2.45) is 0 Å². The van der Waals surface area contributed by atoms with E-state index in [1.54, 1.807) is 6.07 Å². The number of halogens is 3. The summed E-state index contributed by atoms with van der Waals surface area (Å²) in [6, 6.07) is 4.17. The summed E-state index contributed by atoms with van der Waals surface area (Å²) >= 11 is 6.37. The third-order valence-corrected chi connectivity index (χ3v) is 7.57. The molecule has 0 saturated carbocycles. The van der Waals surface area contributed by atoms with Crippen LogP contribution in [0.25, 0.3) is 11.2 Å². The zero-order valence-electron chi connectivity index (χ0n) is 21.2. The lowest BCUT2D eigenvalue weighted by Crippen LogP contribution is -2.34. The molecular weight excluding hydrogens is 536 g/mol. The number of nitrogens with one attached hydrogen (secondary N) is 2. The fourth-order valence-electron chi connectivity index (χ4n) is 5.25. The van der Waals surface area contributed by atoms with Crippen molar-refractivity contribution >= 4 is 28.6 Å². The van der Waals surface area contributed by atoms with Crippen LogP contribution in [0.5, 0.6) is 11.8 Å². The fraction of sp³-hybridized carbons (Fsp3) is 0.538. The Balaban J connectivity index is 1.07. The average Bonchev–Trinajstić information content (AvgIpc) is 3.69. The third-order valence-electron chi connectivity index (χ3n) is 7.28. The van der Waals surface area contributed by atoms with E-state index in [1.165, 1.54) is 25.0 Å². The number of rotatable bonds is 10. The first-order valence-electron chi connectivity index (χ1n) is 13.2. The minimum absolute atomic E-state index is 0.155. The highest BCUT2D eigenvalue weighted by Crippen LogP contribution is 2.31. The number of benzene rings is 1. The Bertz CT molecular complexity index is 1300. The van der Waals surface area contributed by atoms with Gasteiger partial charge in [-0.05, 0) is 38.4 Å². The summed E-state index contributed by atoms with van der Waals surface area (Å²) in [6.07, 6.45) is 1.30. The summed E-state index contributed by atoms with van der Waals surface area (Å²) in [5, 5.41) is 13.0. The summed E-state index contributed by atoms with van der Waals surface area (Å²) in [6.45, 7) is 3.78. The molecule has 3 saturated heterocycles. The van der Waals surface area contributed by atoms with Crippen LogP contribution in [-0.4, -0.2) is 88.8 Å². The summed E-state index contributed by atoms with van der Waals surface area (Å²) in [4.78, 5) is 14.1. The number of aromatic amines is 1. The van der Waals surface area contributed by atoms with Gasteiger partial charge in [0.1, 0.15) is 41.5 Å². The van der Waals surface area contributed by atoms with Crippen molar-refractivity contribution in [3.63, 3.8) is 0 Å². The molecule has 1 aromatic carbocycles. The number of aliphatic hydroxyl groups excluding tert-OH is 1. The predicted octanol–water partition coefficient (Wildman–Crippen LogP) is 3.27. The standard InChI is InChI=1S/C26H30ClF2N5O5/c27-16-10-19-25(33-26(31-19)39-21-13-38-22-20(35)12-37-23(21)22)32-24(16)30-11-15-17(28)8-14(9-18(15)29)36-7-3-6-34-4-1-2-5-34/h8-10,20-23,35H,1-7,11-13H2,(H2,30,31,32,33)/t20-,21-,22-,23-/m1/s1. The third kappa shape index (κ3) is 5.75. The molecule has 0 amide bonds. The molecular formula is C26H30ClF2N5O5. The number of imidazole rings is 1. The van der Waals surface area contributed by atoms with E-state index in [-0.39, 0.29) is 47.9 Å². The number of anilines is 1. The molecule has 3 aliphatic rings. The lowest BCUT2D eigenvalue weighted by molar-refractivity contribution is 0.00706. The largest absolute Gasteiger partial charge is 0.493 e. The number of fused-ring (bicyclic) bond motifs is 2. The molecule has 3 aliphatic heterocycles. The number of hydrogen-bond donors (Lipinski definition) is 3. The van der Waals surface area contributed by atoms with E-state index < -0.39 is 36.1 Å². The van der Waals surface area contributed by atoms with Crippen LogP contribution in [0.2, 0.25) is 5.02 Å². The Hall–Kier alpha value is -2.77. The first-order chi connectivity index (χ1) is 18.9. The summed E-state index contributed by atoms with van der Waals surface area (Å²) in [5.41, 5.74) is 0.670. The van der Waals surface area contributed by atoms with E-state index in [1.807, 2.05) is 0 Å². The van der Waals surface area contributed by atoms with Gasteiger partial charge in [-0.15, -0.1) is 0 Å². The number of likely N-dealkylation sites (tertiary alicyclic amines) is 1. The number of aromatic nitrogens is 3. The van der Waals surface area contributed by atoms with Gasteiger partial charge >= 0.3 is 0 Å². The molecule has 5 heterocycles.